The smallest absolute Gasteiger partial charge is 0.139 e. The lowest BCUT2D eigenvalue weighted by Gasteiger charge is -2.46. The molecule has 0 aromatic rings. The summed E-state index contributed by atoms with van der Waals surface area (Å²) in [7, 11) is 0. The molecule has 1 saturated heterocycles. The fourth-order valence-electron chi connectivity index (χ4n) is 2.89. The molecule has 1 spiro atoms. The Kier molecular flexibility index (Phi) is 1.94. The highest BCUT2D eigenvalue weighted by atomic mass is 16.5. The van der Waals surface area contributed by atoms with Crippen LogP contribution in [-0.4, -0.2) is 18.0 Å². The van der Waals surface area contributed by atoms with Gasteiger partial charge in [0, 0.05) is 18.4 Å². The molecule has 0 bridgehead atoms. The molecule has 2 saturated carbocycles. The molecule has 3 aliphatic rings. The number of ketones is 1. The van der Waals surface area contributed by atoms with E-state index in [1.54, 1.807) is 0 Å². The molecule has 14 heavy (non-hydrogen) atoms. The summed E-state index contributed by atoms with van der Waals surface area (Å²) < 4.78 is 5.83. The van der Waals surface area contributed by atoms with Gasteiger partial charge in [0.05, 0.1) is 5.60 Å². The molecular weight excluding hydrogens is 176 g/mol. The molecule has 0 amide bonds. The predicted molar refractivity (Wildman–Crippen MR) is 53.0 cm³/mol. The van der Waals surface area contributed by atoms with Crippen LogP contribution >= 0.6 is 0 Å². The summed E-state index contributed by atoms with van der Waals surface area (Å²) in [4.78, 5) is 11.9. The first kappa shape index (κ1) is 8.90. The number of carbonyl (C=O) groups is 1. The minimum atomic E-state index is 0.146. The van der Waals surface area contributed by atoms with E-state index in [0.717, 1.165) is 32.3 Å². The van der Waals surface area contributed by atoms with Crippen LogP contribution in [0.15, 0.2) is 0 Å². The van der Waals surface area contributed by atoms with Gasteiger partial charge in [-0.2, -0.15) is 0 Å². The van der Waals surface area contributed by atoms with E-state index in [1.807, 2.05) is 0 Å². The zero-order valence-corrected chi connectivity index (χ0v) is 8.63. The third-order valence-electron chi connectivity index (χ3n) is 4.14. The van der Waals surface area contributed by atoms with Gasteiger partial charge in [0.2, 0.25) is 0 Å². The van der Waals surface area contributed by atoms with Crippen molar-refractivity contribution < 1.29 is 9.53 Å². The van der Waals surface area contributed by atoms with Crippen molar-refractivity contribution in [2.24, 2.45) is 11.8 Å². The fraction of sp³-hybridized carbons (Fsp3) is 0.917. The van der Waals surface area contributed by atoms with Crippen molar-refractivity contribution in [1.29, 1.82) is 0 Å². The van der Waals surface area contributed by atoms with Crippen LogP contribution in [0, 0.1) is 11.8 Å². The molecule has 2 heteroatoms. The Labute approximate surface area is 85.0 Å². The quantitative estimate of drug-likeness (QED) is 0.674. The Morgan fingerprint density at radius 3 is 2.50 bits per heavy atom. The second kappa shape index (κ2) is 3.06. The summed E-state index contributed by atoms with van der Waals surface area (Å²) in [5, 5.41) is 0. The van der Waals surface area contributed by atoms with Crippen molar-refractivity contribution in [2.45, 2.75) is 50.5 Å². The largest absolute Gasteiger partial charge is 0.375 e. The molecule has 2 nitrogen and oxygen atoms in total. The average molecular weight is 194 g/mol. The molecule has 78 valence electrons. The first-order valence-electron chi connectivity index (χ1n) is 5.97. The summed E-state index contributed by atoms with van der Waals surface area (Å²) in [6, 6.07) is 0. The van der Waals surface area contributed by atoms with E-state index >= 15 is 0 Å². The van der Waals surface area contributed by atoms with E-state index in [-0.39, 0.29) is 5.60 Å². The average Bonchev–Trinajstić information content (AvgIpc) is 2.98. The molecule has 2 aliphatic carbocycles. The van der Waals surface area contributed by atoms with Gasteiger partial charge < -0.3 is 4.74 Å². The van der Waals surface area contributed by atoms with E-state index in [9.17, 15) is 4.79 Å². The molecule has 0 N–H and O–H groups in total. The molecule has 1 unspecified atom stereocenters. The lowest BCUT2D eigenvalue weighted by molar-refractivity contribution is -0.156. The monoisotopic (exact) mass is 194 g/mol. The van der Waals surface area contributed by atoms with E-state index in [0.29, 0.717) is 17.6 Å². The third kappa shape index (κ3) is 1.40. The number of carbonyl (C=O) groups excluding carboxylic acids is 1. The van der Waals surface area contributed by atoms with Crippen LogP contribution in [0.3, 0.4) is 0 Å². The third-order valence-corrected chi connectivity index (χ3v) is 4.14. The molecule has 3 fully saturated rings. The minimum Gasteiger partial charge on any atom is -0.375 e. The van der Waals surface area contributed by atoms with Gasteiger partial charge in [0.1, 0.15) is 5.78 Å². The summed E-state index contributed by atoms with van der Waals surface area (Å²) in [6.07, 6.45) is 8.01. The van der Waals surface area contributed by atoms with E-state index in [4.69, 9.17) is 4.74 Å². The van der Waals surface area contributed by atoms with Crippen LogP contribution in [-0.2, 0) is 9.53 Å². The molecule has 1 atom stereocenters. The zero-order valence-electron chi connectivity index (χ0n) is 8.63. The number of rotatable bonds is 2. The van der Waals surface area contributed by atoms with Crippen molar-refractivity contribution in [3.63, 3.8) is 0 Å². The highest BCUT2D eigenvalue weighted by molar-refractivity contribution is 5.85. The Bertz CT molecular complexity index is 251. The molecule has 1 heterocycles. The Morgan fingerprint density at radius 1 is 1.14 bits per heavy atom. The molecule has 1 aliphatic heterocycles. The Morgan fingerprint density at radius 2 is 1.93 bits per heavy atom. The maximum atomic E-state index is 11.9. The van der Waals surface area contributed by atoms with Gasteiger partial charge in [-0.05, 0) is 44.9 Å². The van der Waals surface area contributed by atoms with Gasteiger partial charge in [-0.3, -0.25) is 4.79 Å². The van der Waals surface area contributed by atoms with E-state index < -0.39 is 0 Å². The Balaban J connectivity index is 1.65. The SMILES string of the molecule is O=C(C1CC1)C1CCOC2(CCC2)C1. The first-order chi connectivity index (χ1) is 6.79. The summed E-state index contributed by atoms with van der Waals surface area (Å²) >= 11 is 0. The number of Topliss-reactive ketones (excluding diaryl/α,β-unsaturated/α-hetero) is 1. The number of hydrogen-bond acceptors (Lipinski definition) is 2. The first-order valence-corrected chi connectivity index (χ1v) is 5.97. The van der Waals surface area contributed by atoms with Crippen molar-refractivity contribution in [1.82, 2.24) is 0 Å². The highest BCUT2D eigenvalue weighted by Crippen LogP contribution is 2.46. The van der Waals surface area contributed by atoms with Gasteiger partial charge in [-0.25, -0.2) is 0 Å². The van der Waals surface area contributed by atoms with Gasteiger partial charge in [-0.15, -0.1) is 0 Å². The van der Waals surface area contributed by atoms with E-state index in [1.165, 1.54) is 19.3 Å². The van der Waals surface area contributed by atoms with Crippen molar-refractivity contribution in [3.05, 3.63) is 0 Å². The van der Waals surface area contributed by atoms with Crippen molar-refractivity contribution in [3.8, 4) is 0 Å². The van der Waals surface area contributed by atoms with Gasteiger partial charge >= 0.3 is 0 Å². The van der Waals surface area contributed by atoms with Crippen LogP contribution in [0.5, 0.6) is 0 Å². The second-order valence-corrected chi connectivity index (χ2v) is 5.25. The van der Waals surface area contributed by atoms with Gasteiger partial charge in [-0.1, -0.05) is 0 Å². The number of hydrogen-bond donors (Lipinski definition) is 0. The normalized spacial score (nSPS) is 35.3. The zero-order chi connectivity index (χ0) is 9.60. The van der Waals surface area contributed by atoms with Gasteiger partial charge in [0.15, 0.2) is 0 Å². The minimum absolute atomic E-state index is 0.146. The summed E-state index contributed by atoms with van der Waals surface area (Å²) in [6.45, 7) is 0.823. The topological polar surface area (TPSA) is 26.3 Å². The summed E-state index contributed by atoms with van der Waals surface area (Å²) in [5.41, 5.74) is 0.146. The lowest BCUT2D eigenvalue weighted by atomic mass is 9.71. The van der Waals surface area contributed by atoms with Crippen LogP contribution in [0.1, 0.15) is 44.9 Å². The lowest BCUT2D eigenvalue weighted by Crippen LogP contribution is -2.47. The number of ether oxygens (including phenoxy) is 1. The van der Waals surface area contributed by atoms with Gasteiger partial charge in [0.25, 0.3) is 0 Å². The molecule has 0 aromatic heterocycles. The highest BCUT2D eigenvalue weighted by Gasteiger charge is 2.46. The maximum absolute atomic E-state index is 11.9. The molecule has 3 rings (SSSR count). The fourth-order valence-corrected chi connectivity index (χ4v) is 2.89. The maximum Gasteiger partial charge on any atom is 0.139 e. The van der Waals surface area contributed by atoms with Crippen molar-refractivity contribution >= 4 is 5.78 Å². The van der Waals surface area contributed by atoms with Crippen molar-refractivity contribution in [2.75, 3.05) is 6.61 Å². The molecule has 0 radical (unpaired) electrons. The van der Waals surface area contributed by atoms with Crippen LogP contribution < -0.4 is 0 Å². The van der Waals surface area contributed by atoms with E-state index in [2.05, 4.69) is 0 Å². The van der Waals surface area contributed by atoms with Crippen LogP contribution in [0.25, 0.3) is 0 Å². The van der Waals surface area contributed by atoms with Crippen LogP contribution in [0.4, 0.5) is 0 Å². The van der Waals surface area contributed by atoms with Crippen LogP contribution in [0.2, 0.25) is 0 Å². The predicted octanol–water partition coefficient (Wildman–Crippen LogP) is 2.31. The molecular formula is C12H18O2. The second-order valence-electron chi connectivity index (χ2n) is 5.25. The molecule has 0 aromatic carbocycles. The summed E-state index contributed by atoms with van der Waals surface area (Å²) in [5.74, 6) is 1.34. The Hall–Kier alpha value is -0.370. The standard InChI is InChI=1S/C12H18O2/c13-11(9-2-3-9)10-4-7-14-12(8-10)5-1-6-12/h9-10H,1-8H2.